The summed E-state index contributed by atoms with van der Waals surface area (Å²) in [7, 11) is 0. The Morgan fingerprint density at radius 2 is 2.00 bits per heavy atom. The summed E-state index contributed by atoms with van der Waals surface area (Å²) in [5.74, 6) is 0. The molecule has 2 N–H and O–H groups in total. The second-order valence-corrected chi connectivity index (χ2v) is 4.06. The van der Waals surface area contributed by atoms with Gasteiger partial charge in [0.1, 0.15) is 6.26 Å². The first-order chi connectivity index (χ1) is 7.70. The summed E-state index contributed by atoms with van der Waals surface area (Å²) >= 11 is 11.8. The molecule has 0 aliphatic carbocycles. The number of hydrogen-bond acceptors (Lipinski definition) is 3. The molecule has 0 spiro atoms. The van der Waals surface area contributed by atoms with Crippen LogP contribution in [0.5, 0.6) is 0 Å². The number of aliphatic hydroxyl groups excluding tert-OH is 1. The van der Waals surface area contributed by atoms with E-state index in [0.29, 0.717) is 27.0 Å². The third-order valence-corrected chi connectivity index (χ3v) is 2.66. The Bertz CT molecular complexity index is 496. The van der Waals surface area contributed by atoms with Gasteiger partial charge >= 0.3 is 0 Å². The zero-order valence-electron chi connectivity index (χ0n) is 8.21. The molecule has 0 aliphatic rings. The lowest BCUT2D eigenvalue weighted by atomic mass is 10.2. The molecule has 0 atom stereocenters. The van der Waals surface area contributed by atoms with E-state index in [-0.39, 0.29) is 6.61 Å². The number of nitrogens with one attached hydrogen (secondary N) is 1. The second kappa shape index (κ2) is 4.78. The minimum atomic E-state index is -0.0932. The topological polar surface area (TPSA) is 45.4 Å². The SMILES string of the molecule is OCc1cocc1Nc1ccc(Cl)cc1Cl. The van der Waals surface area contributed by atoms with Crippen LogP contribution in [0, 0.1) is 0 Å². The van der Waals surface area contributed by atoms with E-state index in [9.17, 15) is 0 Å². The van der Waals surface area contributed by atoms with Crippen molar-refractivity contribution in [3.8, 4) is 0 Å². The number of aliphatic hydroxyl groups is 1. The third kappa shape index (κ3) is 2.32. The largest absolute Gasteiger partial charge is 0.470 e. The van der Waals surface area contributed by atoms with Gasteiger partial charge in [0.05, 0.1) is 29.3 Å². The van der Waals surface area contributed by atoms with E-state index in [2.05, 4.69) is 5.32 Å². The Balaban J connectivity index is 2.27. The first-order valence-electron chi connectivity index (χ1n) is 4.58. The Kier molecular flexibility index (Phi) is 3.39. The lowest BCUT2D eigenvalue weighted by Gasteiger charge is -2.07. The van der Waals surface area contributed by atoms with Crippen LogP contribution in [0.25, 0.3) is 0 Å². The normalized spacial score (nSPS) is 10.4. The van der Waals surface area contributed by atoms with Crippen LogP contribution in [-0.2, 0) is 6.61 Å². The number of halogens is 2. The average Bonchev–Trinajstić information content (AvgIpc) is 2.69. The predicted octanol–water partition coefficient (Wildman–Crippen LogP) is 3.82. The van der Waals surface area contributed by atoms with Gasteiger partial charge in [0.25, 0.3) is 0 Å². The van der Waals surface area contributed by atoms with E-state index in [1.807, 2.05) is 0 Å². The van der Waals surface area contributed by atoms with Gasteiger partial charge in [-0.2, -0.15) is 0 Å². The number of rotatable bonds is 3. The molecule has 2 aromatic rings. The van der Waals surface area contributed by atoms with Crippen molar-refractivity contribution in [3.63, 3.8) is 0 Å². The molecule has 5 heteroatoms. The molecular formula is C11H9Cl2NO2. The number of anilines is 2. The lowest BCUT2D eigenvalue weighted by Crippen LogP contribution is -1.93. The summed E-state index contributed by atoms with van der Waals surface area (Å²) in [6, 6.07) is 5.14. The molecule has 0 unspecified atom stereocenters. The van der Waals surface area contributed by atoms with Crippen LogP contribution in [-0.4, -0.2) is 5.11 Å². The summed E-state index contributed by atoms with van der Waals surface area (Å²) < 4.78 is 4.98. The van der Waals surface area contributed by atoms with Crippen LogP contribution in [0.15, 0.2) is 35.1 Å². The smallest absolute Gasteiger partial charge is 0.114 e. The zero-order chi connectivity index (χ0) is 11.5. The van der Waals surface area contributed by atoms with Gasteiger partial charge in [-0.25, -0.2) is 0 Å². The molecule has 0 fully saturated rings. The summed E-state index contributed by atoms with van der Waals surface area (Å²) in [4.78, 5) is 0. The van der Waals surface area contributed by atoms with Gasteiger partial charge < -0.3 is 14.8 Å². The highest BCUT2D eigenvalue weighted by Crippen LogP contribution is 2.29. The fraction of sp³-hybridized carbons (Fsp3) is 0.0909. The van der Waals surface area contributed by atoms with Crippen LogP contribution < -0.4 is 5.32 Å². The molecule has 0 saturated heterocycles. The van der Waals surface area contributed by atoms with Gasteiger partial charge in [-0.05, 0) is 18.2 Å². The van der Waals surface area contributed by atoms with Crippen LogP contribution >= 0.6 is 23.2 Å². The van der Waals surface area contributed by atoms with E-state index in [4.69, 9.17) is 32.7 Å². The Morgan fingerprint density at radius 1 is 1.19 bits per heavy atom. The molecule has 0 aliphatic heterocycles. The van der Waals surface area contributed by atoms with Gasteiger partial charge in [-0.15, -0.1) is 0 Å². The number of benzene rings is 1. The molecule has 0 bridgehead atoms. The number of furan rings is 1. The first-order valence-corrected chi connectivity index (χ1v) is 5.34. The molecular weight excluding hydrogens is 249 g/mol. The monoisotopic (exact) mass is 257 g/mol. The molecule has 2 rings (SSSR count). The summed E-state index contributed by atoms with van der Waals surface area (Å²) in [6.07, 6.45) is 2.99. The maximum atomic E-state index is 9.04. The quantitative estimate of drug-likeness (QED) is 0.879. The molecule has 1 aromatic heterocycles. The van der Waals surface area contributed by atoms with E-state index in [1.165, 1.54) is 12.5 Å². The van der Waals surface area contributed by atoms with Crippen molar-refractivity contribution in [3.05, 3.63) is 46.3 Å². The molecule has 0 saturated carbocycles. The maximum absolute atomic E-state index is 9.04. The lowest BCUT2D eigenvalue weighted by molar-refractivity contribution is 0.281. The standard InChI is InChI=1S/C11H9Cl2NO2/c12-8-1-2-10(9(13)3-8)14-11-6-16-5-7(11)4-15/h1-3,5-6,14-15H,4H2. The molecule has 84 valence electrons. The molecule has 3 nitrogen and oxygen atoms in total. The van der Waals surface area contributed by atoms with Gasteiger partial charge in [-0.1, -0.05) is 23.2 Å². The van der Waals surface area contributed by atoms with Crippen molar-refractivity contribution in [1.82, 2.24) is 0 Å². The van der Waals surface area contributed by atoms with Crippen molar-refractivity contribution >= 4 is 34.6 Å². The second-order valence-electron chi connectivity index (χ2n) is 3.22. The first kappa shape index (κ1) is 11.3. The molecule has 0 radical (unpaired) electrons. The predicted molar refractivity (Wildman–Crippen MR) is 64.4 cm³/mol. The highest BCUT2D eigenvalue weighted by molar-refractivity contribution is 6.36. The van der Waals surface area contributed by atoms with E-state index in [1.54, 1.807) is 18.2 Å². The van der Waals surface area contributed by atoms with Gasteiger partial charge in [0, 0.05) is 10.6 Å². The fourth-order valence-corrected chi connectivity index (χ4v) is 1.75. The van der Waals surface area contributed by atoms with Crippen LogP contribution in [0.3, 0.4) is 0 Å². The minimum absolute atomic E-state index is 0.0932. The molecule has 1 aromatic carbocycles. The van der Waals surface area contributed by atoms with E-state index >= 15 is 0 Å². The van der Waals surface area contributed by atoms with E-state index < -0.39 is 0 Å². The molecule has 1 heterocycles. The Hall–Kier alpha value is -1.16. The van der Waals surface area contributed by atoms with Gasteiger partial charge in [0.2, 0.25) is 0 Å². The van der Waals surface area contributed by atoms with Gasteiger partial charge in [0.15, 0.2) is 0 Å². The summed E-state index contributed by atoms with van der Waals surface area (Å²) in [5.41, 5.74) is 2.07. The van der Waals surface area contributed by atoms with Crippen LogP contribution in [0.4, 0.5) is 11.4 Å². The third-order valence-electron chi connectivity index (χ3n) is 2.11. The summed E-state index contributed by atoms with van der Waals surface area (Å²) in [5, 5.41) is 13.2. The summed E-state index contributed by atoms with van der Waals surface area (Å²) in [6.45, 7) is -0.0932. The highest BCUT2D eigenvalue weighted by atomic mass is 35.5. The van der Waals surface area contributed by atoms with Crippen LogP contribution in [0.1, 0.15) is 5.56 Å². The van der Waals surface area contributed by atoms with Crippen molar-refractivity contribution in [2.75, 3.05) is 5.32 Å². The highest BCUT2D eigenvalue weighted by Gasteiger charge is 2.07. The van der Waals surface area contributed by atoms with Crippen LogP contribution in [0.2, 0.25) is 10.0 Å². The van der Waals surface area contributed by atoms with E-state index in [0.717, 1.165) is 0 Å². The van der Waals surface area contributed by atoms with Crippen molar-refractivity contribution < 1.29 is 9.52 Å². The van der Waals surface area contributed by atoms with Crippen molar-refractivity contribution in [2.24, 2.45) is 0 Å². The van der Waals surface area contributed by atoms with Gasteiger partial charge in [-0.3, -0.25) is 0 Å². The fourth-order valence-electron chi connectivity index (χ4n) is 1.29. The number of hydrogen-bond donors (Lipinski definition) is 2. The van der Waals surface area contributed by atoms with Crippen molar-refractivity contribution in [1.29, 1.82) is 0 Å². The zero-order valence-corrected chi connectivity index (χ0v) is 9.72. The Morgan fingerprint density at radius 3 is 2.69 bits per heavy atom. The minimum Gasteiger partial charge on any atom is -0.470 e. The maximum Gasteiger partial charge on any atom is 0.114 e. The molecule has 0 amide bonds. The van der Waals surface area contributed by atoms with Crippen molar-refractivity contribution in [2.45, 2.75) is 6.61 Å². The average molecular weight is 258 g/mol. The molecule has 16 heavy (non-hydrogen) atoms. The Labute approximate surface area is 103 Å².